The topological polar surface area (TPSA) is 21.3 Å². The molecule has 1 rings (SSSR count). The van der Waals surface area contributed by atoms with Gasteiger partial charge in [-0.05, 0) is 24.3 Å². The summed E-state index contributed by atoms with van der Waals surface area (Å²) in [5, 5.41) is 3.02. The average Bonchev–Trinajstić information content (AvgIpc) is 2.19. The maximum absolute atomic E-state index is 4.99. The third-order valence-corrected chi connectivity index (χ3v) is 1.38. The highest BCUT2D eigenvalue weighted by Crippen LogP contribution is 2.13. The molecule has 0 bridgehead atoms. The van der Waals surface area contributed by atoms with E-state index in [4.69, 9.17) is 4.74 Å². The Balaban J connectivity index is 0.000000424. The van der Waals surface area contributed by atoms with Crippen LogP contribution in [0.2, 0.25) is 0 Å². The van der Waals surface area contributed by atoms with Gasteiger partial charge in [-0.15, -0.1) is 0 Å². The van der Waals surface area contributed by atoms with E-state index in [1.807, 2.05) is 31.3 Å². The second-order valence-corrected chi connectivity index (χ2v) is 2.69. The molecule has 1 N–H and O–H groups in total. The molecule has 0 heterocycles. The summed E-state index contributed by atoms with van der Waals surface area (Å²) in [4.78, 5) is 0. The van der Waals surface area contributed by atoms with Crippen molar-refractivity contribution in [3.05, 3.63) is 24.3 Å². The Labute approximate surface area is 80.9 Å². The molecule has 13 heavy (non-hydrogen) atoms. The molecule has 0 aliphatic rings. The Bertz CT molecular complexity index is 183. The van der Waals surface area contributed by atoms with Gasteiger partial charge in [0.15, 0.2) is 0 Å². The molecule has 0 aliphatic heterocycles. The zero-order valence-corrected chi connectivity index (χ0v) is 8.92. The zero-order valence-electron chi connectivity index (χ0n) is 8.92. The van der Waals surface area contributed by atoms with Crippen LogP contribution in [0.1, 0.15) is 20.3 Å². The van der Waals surface area contributed by atoms with Crippen LogP contribution in [0.5, 0.6) is 5.75 Å². The van der Waals surface area contributed by atoms with Gasteiger partial charge in [0, 0.05) is 12.7 Å². The lowest BCUT2D eigenvalue weighted by molar-refractivity contribution is 0.415. The summed E-state index contributed by atoms with van der Waals surface area (Å²) < 4.78 is 4.99. The Morgan fingerprint density at radius 3 is 1.92 bits per heavy atom. The molecule has 0 unspecified atom stereocenters. The fourth-order valence-corrected chi connectivity index (χ4v) is 0.758. The molecule has 0 radical (unpaired) electrons. The largest absolute Gasteiger partial charge is 0.497 e. The highest BCUT2D eigenvalue weighted by atomic mass is 16.5. The van der Waals surface area contributed by atoms with Crippen molar-refractivity contribution in [2.75, 3.05) is 19.5 Å². The lowest BCUT2D eigenvalue weighted by Crippen LogP contribution is -1.87. The minimum absolute atomic E-state index is 0.888. The second kappa shape index (κ2) is 7.47. The average molecular weight is 181 g/mol. The Hall–Kier alpha value is -1.18. The highest BCUT2D eigenvalue weighted by Gasteiger charge is 1.88. The molecule has 0 atom stereocenters. The van der Waals surface area contributed by atoms with Gasteiger partial charge in [-0.2, -0.15) is 0 Å². The van der Waals surface area contributed by atoms with E-state index < -0.39 is 0 Å². The SMILES string of the molecule is CCC.CNc1ccc(OC)cc1. The van der Waals surface area contributed by atoms with Crippen LogP contribution in [-0.2, 0) is 0 Å². The van der Waals surface area contributed by atoms with Crippen molar-refractivity contribution in [2.24, 2.45) is 0 Å². The molecule has 0 spiro atoms. The number of ether oxygens (including phenoxy) is 1. The van der Waals surface area contributed by atoms with Gasteiger partial charge in [0.05, 0.1) is 7.11 Å². The van der Waals surface area contributed by atoms with E-state index in [0.717, 1.165) is 11.4 Å². The van der Waals surface area contributed by atoms with Crippen LogP contribution in [0.3, 0.4) is 0 Å². The molecule has 2 nitrogen and oxygen atoms in total. The molecule has 0 saturated carbocycles. The summed E-state index contributed by atoms with van der Waals surface area (Å²) in [6.45, 7) is 4.25. The van der Waals surface area contributed by atoms with Gasteiger partial charge in [0.2, 0.25) is 0 Å². The molecule has 0 fully saturated rings. The predicted molar refractivity (Wildman–Crippen MR) is 58.5 cm³/mol. The summed E-state index contributed by atoms with van der Waals surface area (Å²) in [7, 11) is 3.55. The number of anilines is 1. The van der Waals surface area contributed by atoms with E-state index in [1.54, 1.807) is 7.11 Å². The molecule has 2 heteroatoms. The van der Waals surface area contributed by atoms with Gasteiger partial charge >= 0.3 is 0 Å². The number of rotatable bonds is 2. The highest BCUT2D eigenvalue weighted by molar-refractivity contribution is 5.45. The molecule has 1 aromatic rings. The maximum atomic E-state index is 4.99. The van der Waals surface area contributed by atoms with E-state index in [0.29, 0.717) is 0 Å². The summed E-state index contributed by atoms with van der Waals surface area (Å²) in [5.74, 6) is 0.888. The standard InChI is InChI=1S/C8H11NO.C3H8/c1-9-7-3-5-8(10-2)6-4-7;1-3-2/h3-6,9H,1-2H3;3H2,1-2H3. The van der Waals surface area contributed by atoms with Gasteiger partial charge in [-0.25, -0.2) is 0 Å². The van der Waals surface area contributed by atoms with Crippen molar-refractivity contribution >= 4 is 5.69 Å². The Morgan fingerprint density at radius 1 is 1.15 bits per heavy atom. The Morgan fingerprint density at radius 2 is 1.62 bits per heavy atom. The van der Waals surface area contributed by atoms with Gasteiger partial charge in [0.25, 0.3) is 0 Å². The first-order valence-corrected chi connectivity index (χ1v) is 4.60. The van der Waals surface area contributed by atoms with Gasteiger partial charge in [-0.3, -0.25) is 0 Å². The number of benzene rings is 1. The summed E-state index contributed by atoms with van der Waals surface area (Å²) in [6, 6.07) is 7.79. The van der Waals surface area contributed by atoms with Gasteiger partial charge < -0.3 is 10.1 Å². The van der Waals surface area contributed by atoms with Crippen molar-refractivity contribution in [3.63, 3.8) is 0 Å². The quantitative estimate of drug-likeness (QED) is 0.756. The van der Waals surface area contributed by atoms with E-state index in [1.165, 1.54) is 6.42 Å². The van der Waals surface area contributed by atoms with Crippen LogP contribution in [0.25, 0.3) is 0 Å². The van der Waals surface area contributed by atoms with E-state index >= 15 is 0 Å². The van der Waals surface area contributed by atoms with Crippen molar-refractivity contribution in [3.8, 4) is 5.75 Å². The van der Waals surface area contributed by atoms with Crippen LogP contribution in [0, 0.1) is 0 Å². The normalized spacial score (nSPS) is 8.31. The summed E-state index contributed by atoms with van der Waals surface area (Å²) in [5.41, 5.74) is 1.10. The van der Waals surface area contributed by atoms with Crippen molar-refractivity contribution in [1.29, 1.82) is 0 Å². The summed E-state index contributed by atoms with van der Waals surface area (Å²) >= 11 is 0. The predicted octanol–water partition coefficient (Wildman–Crippen LogP) is 3.15. The molecule has 0 aromatic heterocycles. The minimum Gasteiger partial charge on any atom is -0.497 e. The van der Waals surface area contributed by atoms with Crippen molar-refractivity contribution in [2.45, 2.75) is 20.3 Å². The first-order chi connectivity index (χ1) is 6.28. The fourth-order valence-electron chi connectivity index (χ4n) is 0.758. The third kappa shape index (κ3) is 5.12. The monoisotopic (exact) mass is 181 g/mol. The van der Waals surface area contributed by atoms with E-state index in [9.17, 15) is 0 Å². The van der Waals surface area contributed by atoms with Crippen LogP contribution >= 0.6 is 0 Å². The van der Waals surface area contributed by atoms with Crippen LogP contribution in [0.15, 0.2) is 24.3 Å². The van der Waals surface area contributed by atoms with Crippen LogP contribution in [0.4, 0.5) is 5.69 Å². The molecule has 0 saturated heterocycles. The first kappa shape index (κ1) is 11.8. The summed E-state index contributed by atoms with van der Waals surface area (Å²) in [6.07, 6.45) is 1.25. The third-order valence-electron chi connectivity index (χ3n) is 1.38. The van der Waals surface area contributed by atoms with Gasteiger partial charge in [-0.1, -0.05) is 20.3 Å². The van der Waals surface area contributed by atoms with Gasteiger partial charge in [0.1, 0.15) is 5.75 Å². The van der Waals surface area contributed by atoms with E-state index in [2.05, 4.69) is 19.2 Å². The van der Waals surface area contributed by atoms with Crippen molar-refractivity contribution < 1.29 is 4.74 Å². The molecule has 0 amide bonds. The maximum Gasteiger partial charge on any atom is 0.119 e. The molecule has 0 aliphatic carbocycles. The van der Waals surface area contributed by atoms with E-state index in [-0.39, 0.29) is 0 Å². The van der Waals surface area contributed by atoms with Crippen molar-refractivity contribution in [1.82, 2.24) is 0 Å². The molecular formula is C11H19NO. The lowest BCUT2D eigenvalue weighted by atomic mass is 10.3. The lowest BCUT2D eigenvalue weighted by Gasteiger charge is -2.00. The Kier molecular flexibility index (Phi) is 6.79. The zero-order chi connectivity index (χ0) is 10.1. The fraction of sp³-hybridized carbons (Fsp3) is 0.455. The van der Waals surface area contributed by atoms with Crippen LogP contribution < -0.4 is 10.1 Å². The molecular weight excluding hydrogens is 162 g/mol. The number of methoxy groups -OCH3 is 1. The first-order valence-electron chi connectivity index (χ1n) is 4.60. The van der Waals surface area contributed by atoms with Crippen LogP contribution in [-0.4, -0.2) is 14.2 Å². The number of hydrogen-bond acceptors (Lipinski definition) is 2. The minimum atomic E-state index is 0.888. The smallest absolute Gasteiger partial charge is 0.119 e. The number of nitrogens with one attached hydrogen (secondary N) is 1. The second-order valence-electron chi connectivity index (χ2n) is 2.69. The number of hydrogen-bond donors (Lipinski definition) is 1. The molecule has 74 valence electrons. The molecule has 1 aromatic carbocycles.